The Balaban J connectivity index is 2.19. The Hall–Kier alpha value is -0.980. The number of rotatable bonds is 45. The van der Waals surface area contributed by atoms with Crippen molar-refractivity contribution in [2.24, 2.45) is 5.92 Å². The molecule has 0 spiro atoms. The highest BCUT2D eigenvalue weighted by molar-refractivity contribution is 4.89. The maximum atomic E-state index is 5.77. The van der Waals surface area contributed by atoms with E-state index in [0.717, 1.165) is 12.2 Å². The van der Waals surface area contributed by atoms with Crippen LogP contribution in [0.15, 0.2) is 6.20 Å². The molecule has 0 aromatic carbocycles. The second kappa shape index (κ2) is 42.2. The summed E-state index contributed by atoms with van der Waals surface area (Å²) in [4.78, 5) is 0. The molecule has 1 rings (SSSR count). The molecular formula is C47H93N3O3. The van der Waals surface area contributed by atoms with Gasteiger partial charge in [-0.15, -0.1) is 5.10 Å². The lowest BCUT2D eigenvalue weighted by Crippen LogP contribution is -2.12. The Labute approximate surface area is 331 Å². The highest BCUT2D eigenvalue weighted by atomic mass is 16.5. The van der Waals surface area contributed by atoms with Gasteiger partial charge < -0.3 is 14.2 Å². The van der Waals surface area contributed by atoms with Crippen LogP contribution in [0.2, 0.25) is 0 Å². The predicted octanol–water partition coefficient (Wildman–Crippen LogP) is 14.8. The molecule has 1 unspecified atom stereocenters. The number of hydrogen-bond acceptors (Lipinski definition) is 5. The Morgan fingerprint density at radius 2 is 0.792 bits per heavy atom. The standard InChI is InChI=1S/C47H93N3O3/c1-4-6-8-10-12-14-16-18-20-22-24-26-28-30-32-34-36-38-46(43-50-44-47(48-49-50)45-53-42-41-52-40-39-51-3)37-35-33-31-29-27-25-23-21-19-17-15-13-11-9-7-5-2/h44,46H,4-43,45H2,1-3H3. The van der Waals surface area contributed by atoms with E-state index in [0.29, 0.717) is 39.0 Å². The number of methoxy groups -OCH3 is 1. The van der Waals surface area contributed by atoms with Gasteiger partial charge in [-0.2, -0.15) is 0 Å². The molecule has 0 aliphatic carbocycles. The number of ether oxygens (including phenoxy) is 3. The summed E-state index contributed by atoms with van der Waals surface area (Å²) < 4.78 is 18.4. The summed E-state index contributed by atoms with van der Waals surface area (Å²) in [5.74, 6) is 0.697. The third-order valence-corrected chi connectivity index (χ3v) is 11.3. The van der Waals surface area contributed by atoms with E-state index >= 15 is 0 Å². The minimum absolute atomic E-state index is 0.497. The first-order valence-electron chi connectivity index (χ1n) is 23.8. The molecule has 0 aliphatic rings. The number of nitrogens with zero attached hydrogens (tertiary/aromatic N) is 3. The van der Waals surface area contributed by atoms with Crippen LogP contribution < -0.4 is 0 Å². The maximum absolute atomic E-state index is 5.77. The Kier molecular flexibility index (Phi) is 39.8. The first-order chi connectivity index (χ1) is 26.3. The van der Waals surface area contributed by atoms with Crippen molar-refractivity contribution in [2.75, 3.05) is 33.5 Å². The van der Waals surface area contributed by atoms with Crippen LogP contribution in [0.4, 0.5) is 0 Å². The fourth-order valence-corrected chi connectivity index (χ4v) is 7.76. The molecule has 0 aliphatic heterocycles. The average molecular weight is 748 g/mol. The molecule has 0 saturated carbocycles. The molecule has 314 valence electrons. The second-order valence-electron chi connectivity index (χ2n) is 16.5. The first-order valence-corrected chi connectivity index (χ1v) is 23.8. The summed E-state index contributed by atoms with van der Waals surface area (Å²) in [5, 5.41) is 8.89. The van der Waals surface area contributed by atoms with Gasteiger partial charge in [0.15, 0.2) is 0 Å². The van der Waals surface area contributed by atoms with Crippen LogP contribution in [0.25, 0.3) is 0 Å². The zero-order chi connectivity index (χ0) is 38.0. The summed E-state index contributed by atoms with van der Waals surface area (Å²) in [6.07, 6.45) is 52.0. The van der Waals surface area contributed by atoms with Crippen LogP contribution in [0, 0.1) is 5.92 Å². The molecule has 1 aromatic rings. The van der Waals surface area contributed by atoms with Gasteiger partial charge in [-0.1, -0.05) is 231 Å². The van der Waals surface area contributed by atoms with Crippen molar-refractivity contribution >= 4 is 0 Å². The van der Waals surface area contributed by atoms with Gasteiger partial charge in [-0.25, -0.2) is 0 Å². The van der Waals surface area contributed by atoms with Crippen LogP contribution in [-0.2, 0) is 27.4 Å². The molecule has 1 heterocycles. The Bertz CT molecular complexity index is 819. The van der Waals surface area contributed by atoms with Crippen LogP contribution in [0.5, 0.6) is 0 Å². The van der Waals surface area contributed by atoms with Gasteiger partial charge in [0, 0.05) is 13.7 Å². The molecule has 0 amide bonds. The summed E-state index contributed by atoms with van der Waals surface area (Å²) in [5.41, 5.74) is 0.917. The highest BCUT2D eigenvalue weighted by Crippen LogP contribution is 2.22. The third-order valence-electron chi connectivity index (χ3n) is 11.3. The van der Waals surface area contributed by atoms with Crippen molar-refractivity contribution in [2.45, 2.75) is 252 Å². The van der Waals surface area contributed by atoms with Crippen molar-refractivity contribution in [3.8, 4) is 0 Å². The molecule has 1 aromatic heterocycles. The molecule has 53 heavy (non-hydrogen) atoms. The van der Waals surface area contributed by atoms with E-state index in [1.807, 2.05) is 0 Å². The Morgan fingerprint density at radius 3 is 1.17 bits per heavy atom. The van der Waals surface area contributed by atoms with E-state index in [9.17, 15) is 0 Å². The van der Waals surface area contributed by atoms with Crippen molar-refractivity contribution in [1.29, 1.82) is 0 Å². The van der Waals surface area contributed by atoms with Crippen molar-refractivity contribution < 1.29 is 14.2 Å². The summed E-state index contributed by atoms with van der Waals surface area (Å²) in [6, 6.07) is 0. The fourth-order valence-electron chi connectivity index (χ4n) is 7.76. The van der Waals surface area contributed by atoms with E-state index in [1.54, 1.807) is 7.11 Å². The molecule has 0 fully saturated rings. The highest BCUT2D eigenvalue weighted by Gasteiger charge is 2.12. The molecule has 6 heteroatoms. The second-order valence-corrected chi connectivity index (χ2v) is 16.5. The predicted molar refractivity (Wildman–Crippen MR) is 229 cm³/mol. The Morgan fingerprint density at radius 1 is 0.453 bits per heavy atom. The quantitative estimate of drug-likeness (QED) is 0.0622. The van der Waals surface area contributed by atoms with Crippen molar-refractivity contribution in [3.63, 3.8) is 0 Å². The van der Waals surface area contributed by atoms with Crippen LogP contribution >= 0.6 is 0 Å². The lowest BCUT2D eigenvalue weighted by atomic mass is 9.94. The summed E-state index contributed by atoms with van der Waals surface area (Å²) >= 11 is 0. The summed E-state index contributed by atoms with van der Waals surface area (Å²) in [7, 11) is 1.69. The van der Waals surface area contributed by atoms with Gasteiger partial charge >= 0.3 is 0 Å². The SMILES string of the molecule is CCCCCCCCCCCCCCCCCCCC(CCCCCCCCCCCCCCCCCC)Cn1cc(COCCOCCOC)nn1. The van der Waals surface area contributed by atoms with Crippen LogP contribution in [0.3, 0.4) is 0 Å². The van der Waals surface area contributed by atoms with Gasteiger partial charge in [0.05, 0.1) is 39.2 Å². The zero-order valence-electron chi connectivity index (χ0n) is 36.2. The molecule has 6 nitrogen and oxygen atoms in total. The van der Waals surface area contributed by atoms with Gasteiger partial charge in [0.25, 0.3) is 0 Å². The zero-order valence-corrected chi connectivity index (χ0v) is 36.2. The van der Waals surface area contributed by atoms with Gasteiger partial charge in [-0.3, -0.25) is 4.68 Å². The molecular weight excluding hydrogens is 655 g/mol. The topological polar surface area (TPSA) is 58.4 Å². The molecule has 0 bridgehead atoms. The minimum Gasteiger partial charge on any atom is -0.382 e. The monoisotopic (exact) mass is 748 g/mol. The molecule has 0 radical (unpaired) electrons. The van der Waals surface area contributed by atoms with E-state index in [1.165, 1.54) is 225 Å². The average Bonchev–Trinajstić information content (AvgIpc) is 3.62. The van der Waals surface area contributed by atoms with E-state index in [4.69, 9.17) is 14.2 Å². The molecule has 0 saturated heterocycles. The van der Waals surface area contributed by atoms with Gasteiger partial charge in [0.2, 0.25) is 0 Å². The van der Waals surface area contributed by atoms with Crippen molar-refractivity contribution in [1.82, 2.24) is 15.0 Å². The van der Waals surface area contributed by atoms with E-state index in [-0.39, 0.29) is 0 Å². The first kappa shape index (κ1) is 50.0. The smallest absolute Gasteiger partial charge is 0.108 e. The van der Waals surface area contributed by atoms with Gasteiger partial charge in [-0.05, 0) is 18.8 Å². The fraction of sp³-hybridized carbons (Fsp3) is 0.957. The third kappa shape index (κ3) is 36.4. The van der Waals surface area contributed by atoms with Crippen LogP contribution in [-0.4, -0.2) is 48.5 Å². The lowest BCUT2D eigenvalue weighted by Gasteiger charge is -2.17. The normalized spacial score (nSPS) is 12.3. The lowest BCUT2D eigenvalue weighted by molar-refractivity contribution is 0.0192. The number of unbranched alkanes of at least 4 members (excludes halogenated alkanes) is 31. The minimum atomic E-state index is 0.497. The van der Waals surface area contributed by atoms with Crippen molar-refractivity contribution in [3.05, 3.63) is 11.9 Å². The van der Waals surface area contributed by atoms with Gasteiger partial charge in [0.1, 0.15) is 5.69 Å². The van der Waals surface area contributed by atoms with E-state index in [2.05, 4.69) is 35.0 Å². The molecule has 0 N–H and O–H groups in total. The number of aromatic nitrogens is 3. The maximum Gasteiger partial charge on any atom is 0.108 e. The molecule has 1 atom stereocenters. The number of hydrogen-bond donors (Lipinski definition) is 0. The summed E-state index contributed by atoms with van der Waals surface area (Å²) in [6.45, 7) is 8.47. The van der Waals surface area contributed by atoms with E-state index < -0.39 is 0 Å². The van der Waals surface area contributed by atoms with Crippen LogP contribution in [0.1, 0.15) is 244 Å². The largest absolute Gasteiger partial charge is 0.382 e.